The van der Waals surface area contributed by atoms with Crippen molar-refractivity contribution in [3.63, 3.8) is 0 Å². The highest BCUT2D eigenvalue weighted by molar-refractivity contribution is 7.98. The second-order valence-corrected chi connectivity index (χ2v) is 3.90. The van der Waals surface area contributed by atoms with Crippen LogP contribution in [-0.2, 0) is 0 Å². The molecule has 4 nitrogen and oxygen atoms in total. The van der Waals surface area contributed by atoms with Crippen LogP contribution in [-0.4, -0.2) is 21.4 Å². The molecule has 2 aromatic heterocycles. The predicted octanol–water partition coefficient (Wildman–Crippen LogP) is 2.47. The summed E-state index contributed by atoms with van der Waals surface area (Å²) in [5, 5.41) is 4.66. The van der Waals surface area contributed by atoms with Crippen molar-refractivity contribution in [2.45, 2.75) is 19.0 Å². The monoisotopic (exact) mass is 221 g/mol. The topological polar surface area (TPSA) is 51.8 Å². The van der Waals surface area contributed by atoms with Gasteiger partial charge in [0, 0.05) is 6.20 Å². The Morgan fingerprint density at radius 1 is 1.33 bits per heavy atom. The first kappa shape index (κ1) is 10.2. The minimum absolute atomic E-state index is 0.757. The summed E-state index contributed by atoms with van der Waals surface area (Å²) >= 11 is 1.52. The summed E-state index contributed by atoms with van der Waals surface area (Å²) in [5.74, 6) is 0.790. The van der Waals surface area contributed by atoms with Crippen LogP contribution >= 0.6 is 11.8 Å². The van der Waals surface area contributed by atoms with E-state index in [1.165, 1.54) is 11.8 Å². The number of hydrogen-bond donors (Lipinski definition) is 0. The molecule has 0 radical (unpaired) electrons. The van der Waals surface area contributed by atoms with Crippen LogP contribution in [0.5, 0.6) is 0 Å². The van der Waals surface area contributed by atoms with Crippen molar-refractivity contribution < 1.29 is 4.52 Å². The first-order valence-corrected chi connectivity index (χ1v) is 5.75. The molecule has 0 aliphatic rings. The fourth-order valence-corrected chi connectivity index (χ4v) is 1.78. The van der Waals surface area contributed by atoms with Crippen molar-refractivity contribution in [1.29, 1.82) is 0 Å². The molecule has 0 amide bonds. The van der Waals surface area contributed by atoms with Gasteiger partial charge in [-0.15, -0.1) is 0 Å². The van der Waals surface area contributed by atoms with Gasteiger partial charge in [-0.25, -0.2) is 9.97 Å². The average Bonchev–Trinajstić information content (AvgIpc) is 2.59. The Morgan fingerprint density at radius 3 is 2.73 bits per heavy atom. The lowest BCUT2D eigenvalue weighted by Gasteiger charge is -2.00. The molecule has 0 fully saturated rings. The van der Waals surface area contributed by atoms with Gasteiger partial charge >= 0.3 is 0 Å². The molecule has 0 aliphatic carbocycles. The first-order chi connectivity index (χ1) is 7.22. The highest BCUT2D eigenvalue weighted by Gasteiger charge is 2.12. The van der Waals surface area contributed by atoms with E-state index in [1.807, 2.05) is 26.2 Å². The summed E-state index contributed by atoms with van der Waals surface area (Å²) in [6, 6.07) is 1.87. The summed E-state index contributed by atoms with van der Waals surface area (Å²) in [4.78, 5) is 8.54. The van der Waals surface area contributed by atoms with Gasteiger partial charge in [0.05, 0.1) is 17.0 Å². The number of nitrogens with zero attached hydrogens (tertiary/aromatic N) is 3. The Labute approximate surface area is 92.1 Å². The highest BCUT2D eigenvalue weighted by atomic mass is 32.2. The normalized spacial score (nSPS) is 10.6. The molecule has 2 aromatic rings. The Kier molecular flexibility index (Phi) is 2.73. The molecule has 15 heavy (non-hydrogen) atoms. The van der Waals surface area contributed by atoms with Gasteiger partial charge < -0.3 is 4.52 Å². The van der Waals surface area contributed by atoms with Crippen LogP contribution in [0.15, 0.2) is 21.9 Å². The lowest BCUT2D eigenvalue weighted by atomic mass is 10.1. The van der Waals surface area contributed by atoms with Gasteiger partial charge in [-0.1, -0.05) is 16.9 Å². The number of hydrogen-bond acceptors (Lipinski definition) is 5. The van der Waals surface area contributed by atoms with Crippen molar-refractivity contribution in [1.82, 2.24) is 15.1 Å². The molecule has 78 valence electrons. The van der Waals surface area contributed by atoms with E-state index in [4.69, 9.17) is 4.52 Å². The van der Waals surface area contributed by atoms with E-state index in [0.717, 1.165) is 27.9 Å². The van der Waals surface area contributed by atoms with E-state index < -0.39 is 0 Å². The van der Waals surface area contributed by atoms with Crippen molar-refractivity contribution in [2.75, 3.05) is 6.26 Å². The van der Waals surface area contributed by atoms with Gasteiger partial charge in [0.15, 0.2) is 5.16 Å². The van der Waals surface area contributed by atoms with Crippen LogP contribution in [0.1, 0.15) is 11.5 Å². The zero-order chi connectivity index (χ0) is 10.8. The molecule has 0 aromatic carbocycles. The predicted molar refractivity (Wildman–Crippen MR) is 58.8 cm³/mol. The SMILES string of the molecule is CSc1nccc(-c2c(C)noc2C)n1. The number of rotatable bonds is 2. The second kappa shape index (κ2) is 4.02. The van der Waals surface area contributed by atoms with Gasteiger partial charge in [0.1, 0.15) is 5.76 Å². The quantitative estimate of drug-likeness (QED) is 0.576. The lowest BCUT2D eigenvalue weighted by Crippen LogP contribution is -1.90. The molecule has 0 bridgehead atoms. The Hall–Kier alpha value is -1.36. The van der Waals surface area contributed by atoms with E-state index in [2.05, 4.69) is 15.1 Å². The van der Waals surface area contributed by atoms with Gasteiger partial charge in [0.2, 0.25) is 0 Å². The lowest BCUT2D eigenvalue weighted by molar-refractivity contribution is 0.393. The van der Waals surface area contributed by atoms with Crippen molar-refractivity contribution in [3.05, 3.63) is 23.7 Å². The third-order valence-corrected chi connectivity index (χ3v) is 2.67. The number of aromatic nitrogens is 3. The van der Waals surface area contributed by atoms with Crippen LogP contribution in [0, 0.1) is 13.8 Å². The standard InChI is InChI=1S/C10H11N3OS/c1-6-9(7(2)14-13-6)8-4-5-11-10(12-8)15-3/h4-5H,1-3H3. The summed E-state index contributed by atoms with van der Waals surface area (Å²) in [5.41, 5.74) is 2.69. The summed E-state index contributed by atoms with van der Waals surface area (Å²) in [7, 11) is 0. The summed E-state index contributed by atoms with van der Waals surface area (Å²) in [6.07, 6.45) is 3.70. The molecule has 5 heteroatoms. The smallest absolute Gasteiger partial charge is 0.187 e. The molecule has 0 atom stereocenters. The highest BCUT2D eigenvalue weighted by Crippen LogP contribution is 2.25. The first-order valence-electron chi connectivity index (χ1n) is 4.52. The molecular weight excluding hydrogens is 210 g/mol. The molecular formula is C10H11N3OS. The third kappa shape index (κ3) is 1.87. The fraction of sp³-hybridized carbons (Fsp3) is 0.300. The molecule has 0 saturated heterocycles. The zero-order valence-electron chi connectivity index (χ0n) is 8.81. The molecule has 0 spiro atoms. The third-order valence-electron chi connectivity index (χ3n) is 2.11. The minimum atomic E-state index is 0.757. The average molecular weight is 221 g/mol. The zero-order valence-corrected chi connectivity index (χ0v) is 9.63. The fourth-order valence-electron chi connectivity index (χ4n) is 1.43. The molecule has 0 aliphatic heterocycles. The number of thioether (sulfide) groups is 1. The van der Waals surface area contributed by atoms with E-state index >= 15 is 0 Å². The van der Waals surface area contributed by atoms with Gasteiger partial charge in [-0.2, -0.15) is 0 Å². The largest absolute Gasteiger partial charge is 0.361 e. The van der Waals surface area contributed by atoms with E-state index in [1.54, 1.807) is 6.20 Å². The van der Waals surface area contributed by atoms with Crippen molar-refractivity contribution in [3.8, 4) is 11.3 Å². The Balaban J connectivity index is 2.53. The van der Waals surface area contributed by atoms with Gasteiger partial charge in [-0.3, -0.25) is 0 Å². The Bertz CT molecular complexity index is 462. The molecule has 0 saturated carbocycles. The maximum absolute atomic E-state index is 5.11. The summed E-state index contributed by atoms with van der Waals surface area (Å²) in [6.45, 7) is 3.79. The number of aryl methyl sites for hydroxylation is 2. The molecule has 0 unspecified atom stereocenters. The summed E-state index contributed by atoms with van der Waals surface area (Å²) < 4.78 is 5.11. The maximum atomic E-state index is 5.11. The van der Waals surface area contributed by atoms with Crippen LogP contribution in [0.3, 0.4) is 0 Å². The van der Waals surface area contributed by atoms with Crippen LogP contribution in [0.2, 0.25) is 0 Å². The molecule has 2 heterocycles. The van der Waals surface area contributed by atoms with Crippen LogP contribution in [0.25, 0.3) is 11.3 Å². The Morgan fingerprint density at radius 2 is 2.13 bits per heavy atom. The molecule has 0 N–H and O–H groups in total. The van der Waals surface area contributed by atoms with E-state index in [-0.39, 0.29) is 0 Å². The second-order valence-electron chi connectivity index (χ2n) is 3.13. The maximum Gasteiger partial charge on any atom is 0.187 e. The van der Waals surface area contributed by atoms with Crippen molar-refractivity contribution >= 4 is 11.8 Å². The van der Waals surface area contributed by atoms with Crippen LogP contribution in [0.4, 0.5) is 0 Å². The van der Waals surface area contributed by atoms with E-state index in [9.17, 15) is 0 Å². The minimum Gasteiger partial charge on any atom is -0.361 e. The van der Waals surface area contributed by atoms with Gasteiger partial charge in [0.25, 0.3) is 0 Å². The van der Waals surface area contributed by atoms with E-state index in [0.29, 0.717) is 0 Å². The molecule has 2 rings (SSSR count). The van der Waals surface area contributed by atoms with Crippen molar-refractivity contribution in [2.24, 2.45) is 0 Å². The van der Waals surface area contributed by atoms with Gasteiger partial charge in [-0.05, 0) is 26.2 Å². The van der Waals surface area contributed by atoms with Crippen LogP contribution < -0.4 is 0 Å².